The highest BCUT2D eigenvalue weighted by Crippen LogP contribution is 2.65. The first kappa shape index (κ1) is 27.5. The molecule has 50 heavy (non-hydrogen) atoms. The second kappa shape index (κ2) is 10.3. The van der Waals surface area contributed by atoms with Gasteiger partial charge in [0.05, 0.1) is 5.41 Å². The first-order valence-electron chi connectivity index (χ1n) is 17.4. The van der Waals surface area contributed by atoms with Gasteiger partial charge in [-0.05, 0) is 125 Å². The molecule has 2 aliphatic rings. The maximum atomic E-state index is 2.52. The molecule has 1 spiro atoms. The van der Waals surface area contributed by atoms with Gasteiger partial charge in [0.1, 0.15) is 0 Å². The van der Waals surface area contributed by atoms with Crippen molar-refractivity contribution >= 4 is 49.4 Å². The first-order valence-corrected chi connectivity index (χ1v) is 17.4. The molecule has 0 radical (unpaired) electrons. The molecule has 2 aliphatic carbocycles. The highest BCUT2D eigenvalue weighted by molar-refractivity contribution is 6.20. The fraction of sp³-hybridized carbons (Fsp3) is 0.0204. The van der Waals surface area contributed by atoms with Crippen LogP contribution in [-0.4, -0.2) is 0 Å². The zero-order chi connectivity index (χ0) is 32.8. The summed E-state index contributed by atoms with van der Waals surface area (Å²) in [6.45, 7) is 0. The molecule has 0 atom stereocenters. The lowest BCUT2D eigenvalue weighted by Crippen LogP contribution is -2.26. The van der Waals surface area contributed by atoms with Gasteiger partial charge < -0.3 is 4.90 Å². The van der Waals surface area contributed by atoms with Gasteiger partial charge in [-0.2, -0.15) is 0 Å². The Hall–Kier alpha value is -6.44. The quantitative estimate of drug-likeness (QED) is 0.175. The average molecular weight is 634 g/mol. The smallest absolute Gasteiger partial charge is 0.0731 e. The normalized spacial score (nSPS) is 13.4. The van der Waals surface area contributed by atoms with E-state index in [-0.39, 0.29) is 0 Å². The maximum Gasteiger partial charge on any atom is 0.0731 e. The maximum absolute atomic E-state index is 2.52. The summed E-state index contributed by atoms with van der Waals surface area (Å²) >= 11 is 0. The number of hydrogen-bond donors (Lipinski definition) is 0. The topological polar surface area (TPSA) is 3.24 Å². The van der Waals surface area contributed by atoms with Gasteiger partial charge in [-0.1, -0.05) is 140 Å². The molecule has 0 saturated carbocycles. The van der Waals surface area contributed by atoms with Gasteiger partial charge in [-0.25, -0.2) is 0 Å². The Bertz CT molecular complexity index is 2730. The minimum Gasteiger partial charge on any atom is -0.310 e. The Balaban J connectivity index is 1.28. The van der Waals surface area contributed by atoms with E-state index in [9.17, 15) is 0 Å². The zero-order valence-corrected chi connectivity index (χ0v) is 27.3. The minimum atomic E-state index is -0.454. The lowest BCUT2D eigenvalue weighted by atomic mass is 9.69. The molecule has 1 heteroatoms. The Kier molecular flexibility index (Phi) is 5.66. The third-order valence-electron chi connectivity index (χ3n) is 11.2. The van der Waals surface area contributed by atoms with Crippen LogP contribution in [0.25, 0.3) is 54.6 Å². The molecule has 0 unspecified atom stereocenters. The van der Waals surface area contributed by atoms with Crippen LogP contribution in [0.3, 0.4) is 0 Å². The van der Waals surface area contributed by atoms with Crippen LogP contribution in [0, 0.1) is 0 Å². The van der Waals surface area contributed by atoms with Crippen molar-refractivity contribution in [3.8, 4) is 22.3 Å². The van der Waals surface area contributed by atoms with Gasteiger partial charge in [-0.15, -0.1) is 0 Å². The molecule has 9 aromatic carbocycles. The molecule has 0 N–H and O–H groups in total. The Labute approximate surface area is 291 Å². The number of hydrogen-bond acceptors (Lipinski definition) is 1. The molecule has 0 amide bonds. The SMILES string of the molecule is c1ccc(N(c2ccccc2)c2ccc3cc4c(cc3c2)C2(c3ccccc3-c3ccccc32)c2c-4c3ccccc3c3ccccc23)cc1. The summed E-state index contributed by atoms with van der Waals surface area (Å²) < 4.78 is 0. The lowest BCUT2D eigenvalue weighted by molar-refractivity contribution is 0.803. The van der Waals surface area contributed by atoms with Gasteiger partial charge >= 0.3 is 0 Å². The van der Waals surface area contributed by atoms with E-state index in [2.05, 4.69) is 193 Å². The molecule has 11 rings (SSSR count). The molecule has 0 saturated heterocycles. The van der Waals surface area contributed by atoms with Crippen molar-refractivity contribution in [3.63, 3.8) is 0 Å². The Morgan fingerprint density at radius 1 is 0.320 bits per heavy atom. The number of nitrogens with zero attached hydrogens (tertiary/aromatic N) is 1. The molecule has 0 aliphatic heterocycles. The number of fused-ring (bicyclic) bond motifs is 16. The summed E-state index contributed by atoms with van der Waals surface area (Å²) in [5, 5.41) is 7.74. The van der Waals surface area contributed by atoms with E-state index in [0.29, 0.717) is 0 Å². The van der Waals surface area contributed by atoms with Crippen molar-refractivity contribution in [1.29, 1.82) is 0 Å². The molecule has 232 valence electrons. The van der Waals surface area contributed by atoms with Crippen LogP contribution in [0.5, 0.6) is 0 Å². The summed E-state index contributed by atoms with van der Waals surface area (Å²) in [7, 11) is 0. The third kappa shape index (κ3) is 3.56. The van der Waals surface area contributed by atoms with Gasteiger partial charge in [0.15, 0.2) is 0 Å². The third-order valence-corrected chi connectivity index (χ3v) is 11.2. The Morgan fingerprint density at radius 2 is 0.840 bits per heavy atom. The molecule has 0 heterocycles. The predicted molar refractivity (Wildman–Crippen MR) is 210 cm³/mol. The monoisotopic (exact) mass is 633 g/mol. The van der Waals surface area contributed by atoms with Crippen molar-refractivity contribution in [2.45, 2.75) is 5.41 Å². The van der Waals surface area contributed by atoms with Crippen LogP contribution in [0.4, 0.5) is 17.1 Å². The average Bonchev–Trinajstić information content (AvgIpc) is 3.65. The Morgan fingerprint density at radius 3 is 1.48 bits per heavy atom. The first-order chi connectivity index (χ1) is 24.8. The standard InChI is InChI=1S/C49H31N/c1-3-15-34(16-4-1)50(35-17-5-2-6-18-35)36-28-27-32-30-43-46(31-33(32)29-36)49(44-25-13-11-21-39(44)40-22-12-14-26-45(40)49)48-42-24-10-8-20-38(42)37-19-7-9-23-41(37)47(43)48/h1-31H. The summed E-state index contributed by atoms with van der Waals surface area (Å²) in [6, 6.07) is 69.7. The molecular weight excluding hydrogens is 603 g/mol. The number of anilines is 3. The predicted octanol–water partition coefficient (Wildman–Crippen LogP) is 13.0. The molecule has 9 aromatic rings. The van der Waals surface area contributed by atoms with E-state index in [1.54, 1.807) is 0 Å². The van der Waals surface area contributed by atoms with Crippen molar-refractivity contribution < 1.29 is 0 Å². The minimum absolute atomic E-state index is 0.454. The van der Waals surface area contributed by atoms with Crippen LogP contribution < -0.4 is 4.90 Å². The highest BCUT2D eigenvalue weighted by atomic mass is 15.1. The van der Waals surface area contributed by atoms with Crippen molar-refractivity contribution in [2.24, 2.45) is 0 Å². The van der Waals surface area contributed by atoms with Crippen LogP contribution in [0.15, 0.2) is 188 Å². The van der Waals surface area contributed by atoms with Gasteiger partial charge in [0.25, 0.3) is 0 Å². The van der Waals surface area contributed by atoms with Crippen molar-refractivity contribution in [1.82, 2.24) is 0 Å². The van der Waals surface area contributed by atoms with E-state index in [0.717, 1.165) is 17.1 Å². The van der Waals surface area contributed by atoms with E-state index in [4.69, 9.17) is 0 Å². The number of rotatable bonds is 3. The van der Waals surface area contributed by atoms with Crippen molar-refractivity contribution in [2.75, 3.05) is 4.90 Å². The van der Waals surface area contributed by atoms with Crippen LogP contribution in [0.1, 0.15) is 22.3 Å². The van der Waals surface area contributed by atoms with E-state index in [1.807, 2.05) is 0 Å². The summed E-state index contributed by atoms with van der Waals surface area (Å²) in [5.74, 6) is 0. The van der Waals surface area contributed by atoms with E-state index in [1.165, 1.54) is 76.8 Å². The number of para-hydroxylation sites is 2. The van der Waals surface area contributed by atoms with E-state index >= 15 is 0 Å². The lowest BCUT2D eigenvalue weighted by Gasteiger charge is -2.32. The zero-order valence-electron chi connectivity index (χ0n) is 27.3. The van der Waals surface area contributed by atoms with Crippen molar-refractivity contribution in [3.05, 3.63) is 210 Å². The van der Waals surface area contributed by atoms with Crippen LogP contribution >= 0.6 is 0 Å². The molecule has 0 bridgehead atoms. The summed E-state index contributed by atoms with van der Waals surface area (Å²) in [6.07, 6.45) is 0. The van der Waals surface area contributed by atoms with E-state index < -0.39 is 5.41 Å². The van der Waals surface area contributed by atoms with Gasteiger partial charge in [0, 0.05) is 17.1 Å². The molecule has 1 nitrogen and oxygen atoms in total. The summed E-state index contributed by atoms with van der Waals surface area (Å²) in [5.41, 5.74) is 13.8. The molecule has 0 fully saturated rings. The largest absolute Gasteiger partial charge is 0.310 e. The van der Waals surface area contributed by atoms with Gasteiger partial charge in [-0.3, -0.25) is 0 Å². The van der Waals surface area contributed by atoms with Crippen LogP contribution in [0.2, 0.25) is 0 Å². The fourth-order valence-corrected chi connectivity index (χ4v) is 9.28. The highest BCUT2D eigenvalue weighted by Gasteiger charge is 2.53. The fourth-order valence-electron chi connectivity index (χ4n) is 9.28. The summed E-state index contributed by atoms with van der Waals surface area (Å²) in [4.78, 5) is 2.36. The second-order valence-corrected chi connectivity index (χ2v) is 13.6. The molecule has 0 aromatic heterocycles. The molecular formula is C49H31N. The number of benzene rings is 9. The second-order valence-electron chi connectivity index (χ2n) is 13.6. The van der Waals surface area contributed by atoms with Crippen LogP contribution in [-0.2, 0) is 5.41 Å². The van der Waals surface area contributed by atoms with Gasteiger partial charge in [0.2, 0.25) is 0 Å².